The van der Waals surface area contributed by atoms with Crippen LogP contribution in [0.25, 0.3) is 0 Å². The summed E-state index contributed by atoms with van der Waals surface area (Å²) in [6.07, 6.45) is 0. The van der Waals surface area contributed by atoms with Gasteiger partial charge in [-0.15, -0.1) is 11.8 Å². The molecule has 1 heterocycles. The van der Waals surface area contributed by atoms with Gasteiger partial charge in [0.2, 0.25) is 0 Å². The summed E-state index contributed by atoms with van der Waals surface area (Å²) in [6, 6.07) is 4.48. The number of fused-ring (bicyclic) bond motifs is 1. The van der Waals surface area contributed by atoms with Crippen LogP contribution in [0, 0.1) is 6.92 Å². The molecule has 0 fully saturated rings. The first-order chi connectivity index (χ1) is 6.70. The van der Waals surface area contributed by atoms with Crippen LogP contribution in [0.15, 0.2) is 17.0 Å². The molecule has 1 atom stereocenters. The molecular formula is C10H13ClN2S. The van der Waals surface area contributed by atoms with Crippen molar-refractivity contribution in [2.75, 3.05) is 17.6 Å². The lowest BCUT2D eigenvalue weighted by Gasteiger charge is -2.26. The number of anilines is 1. The van der Waals surface area contributed by atoms with E-state index in [1.54, 1.807) is 0 Å². The molecular weight excluding hydrogens is 216 g/mol. The van der Waals surface area contributed by atoms with Gasteiger partial charge in [0, 0.05) is 23.2 Å². The first-order valence-electron chi connectivity index (χ1n) is 4.60. The number of aryl methyl sites for hydroxylation is 1. The van der Waals surface area contributed by atoms with E-state index in [9.17, 15) is 0 Å². The number of hydrogen-bond donors (Lipinski definition) is 2. The zero-order chi connectivity index (χ0) is 10.1. The van der Waals surface area contributed by atoms with E-state index in [1.807, 2.05) is 17.8 Å². The van der Waals surface area contributed by atoms with Crippen LogP contribution in [0.3, 0.4) is 0 Å². The Hall–Kier alpha value is -0.380. The molecule has 0 spiro atoms. The lowest BCUT2D eigenvalue weighted by molar-refractivity contribution is 0.803. The van der Waals surface area contributed by atoms with Gasteiger partial charge in [-0.25, -0.2) is 0 Å². The van der Waals surface area contributed by atoms with Crippen molar-refractivity contribution in [2.45, 2.75) is 17.9 Å². The van der Waals surface area contributed by atoms with Crippen LogP contribution in [-0.4, -0.2) is 18.3 Å². The Morgan fingerprint density at radius 1 is 1.64 bits per heavy atom. The normalized spacial score (nSPS) is 20.1. The van der Waals surface area contributed by atoms with E-state index in [2.05, 4.69) is 18.3 Å². The molecule has 0 saturated carbocycles. The number of nitrogens with one attached hydrogen (secondary N) is 1. The molecule has 0 aliphatic carbocycles. The zero-order valence-electron chi connectivity index (χ0n) is 8.01. The number of halogens is 1. The number of benzene rings is 1. The second-order valence-electron chi connectivity index (χ2n) is 3.51. The molecule has 1 aromatic rings. The van der Waals surface area contributed by atoms with E-state index in [4.69, 9.17) is 17.3 Å². The maximum absolute atomic E-state index is 6.15. The van der Waals surface area contributed by atoms with Crippen LogP contribution in [0.5, 0.6) is 0 Å². The van der Waals surface area contributed by atoms with E-state index in [0.29, 0.717) is 12.6 Å². The van der Waals surface area contributed by atoms with Crippen molar-refractivity contribution in [3.63, 3.8) is 0 Å². The molecule has 0 radical (unpaired) electrons. The molecule has 1 aliphatic rings. The number of nitrogens with two attached hydrogens (primary N) is 1. The molecule has 0 amide bonds. The van der Waals surface area contributed by atoms with Crippen molar-refractivity contribution in [3.05, 3.63) is 22.7 Å². The molecule has 0 aromatic heterocycles. The first-order valence-corrected chi connectivity index (χ1v) is 5.96. The van der Waals surface area contributed by atoms with Gasteiger partial charge in [0.25, 0.3) is 0 Å². The third-order valence-electron chi connectivity index (χ3n) is 2.27. The topological polar surface area (TPSA) is 38.0 Å². The van der Waals surface area contributed by atoms with E-state index in [0.717, 1.165) is 16.5 Å². The van der Waals surface area contributed by atoms with Crippen molar-refractivity contribution in [3.8, 4) is 0 Å². The lowest BCUT2D eigenvalue weighted by Crippen LogP contribution is -2.33. The van der Waals surface area contributed by atoms with Crippen molar-refractivity contribution in [1.82, 2.24) is 0 Å². The lowest BCUT2D eigenvalue weighted by atomic mass is 10.2. The summed E-state index contributed by atoms with van der Waals surface area (Å²) in [5.74, 6) is 1.02. The van der Waals surface area contributed by atoms with E-state index in [-0.39, 0.29) is 0 Å². The highest BCUT2D eigenvalue weighted by Crippen LogP contribution is 2.38. The summed E-state index contributed by atoms with van der Waals surface area (Å²) in [5, 5.41) is 4.16. The van der Waals surface area contributed by atoms with Gasteiger partial charge in [-0.3, -0.25) is 0 Å². The Bertz CT molecular complexity index is 354. The van der Waals surface area contributed by atoms with Crippen LogP contribution < -0.4 is 11.1 Å². The summed E-state index contributed by atoms with van der Waals surface area (Å²) in [7, 11) is 0. The molecule has 1 aliphatic heterocycles. The number of hydrogen-bond acceptors (Lipinski definition) is 3. The summed E-state index contributed by atoms with van der Waals surface area (Å²) in [4.78, 5) is 1.24. The largest absolute Gasteiger partial charge is 0.378 e. The van der Waals surface area contributed by atoms with Crippen molar-refractivity contribution in [2.24, 2.45) is 5.73 Å². The van der Waals surface area contributed by atoms with Gasteiger partial charge in [-0.05, 0) is 24.6 Å². The molecule has 4 heteroatoms. The van der Waals surface area contributed by atoms with Gasteiger partial charge < -0.3 is 11.1 Å². The molecule has 3 N–H and O–H groups in total. The van der Waals surface area contributed by atoms with Crippen LogP contribution >= 0.6 is 23.4 Å². The van der Waals surface area contributed by atoms with E-state index < -0.39 is 0 Å². The standard InChI is InChI=1S/C10H13ClN2S/c1-6-2-8(11)10-9(3-6)14-5-7(4-12)13-10/h2-3,7,13H,4-5,12H2,1H3. The Kier molecular flexibility index (Phi) is 2.91. The maximum atomic E-state index is 6.15. The summed E-state index contributed by atoms with van der Waals surface area (Å²) >= 11 is 7.98. The Labute approximate surface area is 93.2 Å². The molecule has 2 nitrogen and oxygen atoms in total. The second-order valence-corrected chi connectivity index (χ2v) is 4.98. The quantitative estimate of drug-likeness (QED) is 0.776. The molecule has 0 bridgehead atoms. The number of rotatable bonds is 1. The van der Waals surface area contributed by atoms with Gasteiger partial charge in [-0.2, -0.15) is 0 Å². The highest BCUT2D eigenvalue weighted by atomic mass is 35.5. The van der Waals surface area contributed by atoms with E-state index >= 15 is 0 Å². The third-order valence-corrected chi connectivity index (χ3v) is 3.77. The van der Waals surface area contributed by atoms with Crippen molar-refractivity contribution < 1.29 is 0 Å². The van der Waals surface area contributed by atoms with Gasteiger partial charge in [0.1, 0.15) is 0 Å². The summed E-state index contributed by atoms with van der Waals surface area (Å²) < 4.78 is 0. The van der Waals surface area contributed by atoms with Crippen LogP contribution in [0.1, 0.15) is 5.56 Å². The minimum atomic E-state index is 0.340. The summed E-state index contributed by atoms with van der Waals surface area (Å²) in [6.45, 7) is 2.71. The van der Waals surface area contributed by atoms with Gasteiger partial charge in [0.05, 0.1) is 10.7 Å². The Morgan fingerprint density at radius 2 is 2.43 bits per heavy atom. The molecule has 76 valence electrons. The fraction of sp³-hybridized carbons (Fsp3) is 0.400. The van der Waals surface area contributed by atoms with Gasteiger partial charge >= 0.3 is 0 Å². The summed E-state index contributed by atoms with van der Waals surface area (Å²) in [5.41, 5.74) is 7.87. The van der Waals surface area contributed by atoms with Crippen molar-refractivity contribution in [1.29, 1.82) is 0 Å². The zero-order valence-corrected chi connectivity index (χ0v) is 9.58. The fourth-order valence-electron chi connectivity index (χ4n) is 1.53. The minimum absolute atomic E-state index is 0.340. The maximum Gasteiger partial charge on any atom is 0.0670 e. The van der Waals surface area contributed by atoms with Crippen LogP contribution in [0.4, 0.5) is 5.69 Å². The molecule has 1 unspecified atom stereocenters. The highest BCUT2D eigenvalue weighted by Gasteiger charge is 2.19. The minimum Gasteiger partial charge on any atom is -0.378 e. The van der Waals surface area contributed by atoms with Crippen LogP contribution in [-0.2, 0) is 0 Å². The molecule has 14 heavy (non-hydrogen) atoms. The Morgan fingerprint density at radius 3 is 3.14 bits per heavy atom. The average Bonchev–Trinajstić information content (AvgIpc) is 2.17. The SMILES string of the molecule is Cc1cc(Cl)c2c(c1)SCC(CN)N2. The first kappa shape index (κ1) is 10.1. The molecule has 1 aromatic carbocycles. The van der Waals surface area contributed by atoms with Crippen molar-refractivity contribution >= 4 is 29.1 Å². The molecule has 0 saturated heterocycles. The average molecular weight is 229 g/mol. The fourth-order valence-corrected chi connectivity index (χ4v) is 3.09. The van der Waals surface area contributed by atoms with Crippen LogP contribution in [0.2, 0.25) is 5.02 Å². The highest BCUT2D eigenvalue weighted by molar-refractivity contribution is 7.99. The van der Waals surface area contributed by atoms with Gasteiger partial charge in [-0.1, -0.05) is 11.6 Å². The smallest absolute Gasteiger partial charge is 0.0670 e. The third kappa shape index (κ3) is 1.85. The van der Waals surface area contributed by atoms with E-state index in [1.165, 1.54) is 10.5 Å². The predicted octanol–water partition coefficient (Wildman–Crippen LogP) is 2.49. The Balaban J connectivity index is 2.37. The second kappa shape index (κ2) is 4.01. The molecule has 2 rings (SSSR count). The predicted molar refractivity (Wildman–Crippen MR) is 63.4 cm³/mol. The monoisotopic (exact) mass is 228 g/mol. The number of thioether (sulfide) groups is 1. The van der Waals surface area contributed by atoms with Gasteiger partial charge in [0.15, 0.2) is 0 Å².